The van der Waals surface area contributed by atoms with Gasteiger partial charge in [-0.2, -0.15) is 0 Å². The molecule has 0 unspecified atom stereocenters. The highest BCUT2D eigenvalue weighted by atomic mass is 79.9. The summed E-state index contributed by atoms with van der Waals surface area (Å²) in [6.45, 7) is 0.426. The minimum Gasteiger partial charge on any atom is -0.350 e. The van der Waals surface area contributed by atoms with E-state index in [0.29, 0.717) is 12.3 Å². The molecule has 0 aliphatic carbocycles. The SMILES string of the molecule is O=C(CSc1ccncc1)NCc1cn2cc(Br)ccc2n1. The van der Waals surface area contributed by atoms with E-state index >= 15 is 0 Å². The molecule has 3 rings (SSSR count). The Bertz CT molecular complexity index is 791. The van der Waals surface area contributed by atoms with Gasteiger partial charge in [-0.1, -0.05) is 0 Å². The number of imidazole rings is 1. The maximum Gasteiger partial charge on any atom is 0.230 e. The first-order chi connectivity index (χ1) is 10.7. The summed E-state index contributed by atoms with van der Waals surface area (Å²) in [4.78, 5) is 21.3. The van der Waals surface area contributed by atoms with Crippen LogP contribution in [0.1, 0.15) is 5.69 Å². The summed E-state index contributed by atoms with van der Waals surface area (Å²) in [7, 11) is 0. The zero-order valence-electron chi connectivity index (χ0n) is 11.6. The first-order valence-electron chi connectivity index (χ1n) is 6.63. The van der Waals surface area contributed by atoms with E-state index in [9.17, 15) is 4.79 Å². The van der Waals surface area contributed by atoms with Crippen LogP contribution in [0.4, 0.5) is 0 Å². The fourth-order valence-corrected chi connectivity index (χ4v) is 2.99. The highest BCUT2D eigenvalue weighted by Crippen LogP contribution is 2.16. The molecule has 1 N–H and O–H groups in total. The lowest BCUT2D eigenvalue weighted by atomic mass is 10.4. The molecule has 0 aromatic carbocycles. The van der Waals surface area contributed by atoms with Gasteiger partial charge in [-0.05, 0) is 40.2 Å². The van der Waals surface area contributed by atoms with Crippen LogP contribution in [0.2, 0.25) is 0 Å². The van der Waals surface area contributed by atoms with Gasteiger partial charge in [0, 0.05) is 34.2 Å². The molecular formula is C15H13BrN4OS. The van der Waals surface area contributed by atoms with E-state index < -0.39 is 0 Å². The number of amides is 1. The van der Waals surface area contributed by atoms with Gasteiger partial charge in [0.05, 0.1) is 18.0 Å². The third-order valence-corrected chi connectivity index (χ3v) is 4.43. The third-order valence-electron chi connectivity index (χ3n) is 2.95. The van der Waals surface area contributed by atoms with E-state index in [-0.39, 0.29) is 5.91 Å². The molecule has 0 aliphatic rings. The second-order valence-electron chi connectivity index (χ2n) is 4.59. The van der Waals surface area contributed by atoms with Gasteiger partial charge in [0.2, 0.25) is 5.91 Å². The second kappa shape index (κ2) is 6.93. The number of carbonyl (C=O) groups excluding carboxylic acids is 1. The van der Waals surface area contributed by atoms with Gasteiger partial charge in [0.25, 0.3) is 0 Å². The lowest BCUT2D eigenvalue weighted by Crippen LogP contribution is -2.24. The summed E-state index contributed by atoms with van der Waals surface area (Å²) >= 11 is 4.91. The van der Waals surface area contributed by atoms with Crippen molar-refractivity contribution in [2.75, 3.05) is 5.75 Å². The Hall–Kier alpha value is -1.86. The van der Waals surface area contributed by atoms with E-state index in [1.807, 2.05) is 41.1 Å². The molecule has 3 aromatic heterocycles. The van der Waals surface area contributed by atoms with Crippen molar-refractivity contribution in [3.63, 3.8) is 0 Å². The number of aromatic nitrogens is 3. The number of hydrogen-bond acceptors (Lipinski definition) is 4. The van der Waals surface area contributed by atoms with Crippen molar-refractivity contribution in [1.82, 2.24) is 19.7 Å². The number of carbonyl (C=O) groups is 1. The van der Waals surface area contributed by atoms with E-state index in [2.05, 4.69) is 31.2 Å². The molecule has 3 heterocycles. The fourth-order valence-electron chi connectivity index (χ4n) is 1.93. The van der Waals surface area contributed by atoms with Crippen molar-refractivity contribution in [2.45, 2.75) is 11.4 Å². The monoisotopic (exact) mass is 376 g/mol. The molecule has 0 atom stereocenters. The first kappa shape index (κ1) is 15.1. The molecule has 0 bridgehead atoms. The quantitative estimate of drug-likeness (QED) is 0.695. The smallest absolute Gasteiger partial charge is 0.230 e. The molecule has 1 amide bonds. The topological polar surface area (TPSA) is 59.3 Å². The highest BCUT2D eigenvalue weighted by Gasteiger charge is 2.06. The minimum absolute atomic E-state index is 0.0138. The van der Waals surface area contributed by atoms with Crippen LogP contribution in [-0.4, -0.2) is 26.0 Å². The Balaban J connectivity index is 1.53. The van der Waals surface area contributed by atoms with Gasteiger partial charge < -0.3 is 9.72 Å². The van der Waals surface area contributed by atoms with Crippen LogP contribution in [-0.2, 0) is 11.3 Å². The Morgan fingerprint density at radius 1 is 1.23 bits per heavy atom. The number of nitrogens with one attached hydrogen (secondary N) is 1. The lowest BCUT2D eigenvalue weighted by Gasteiger charge is -2.03. The Kier molecular flexibility index (Phi) is 4.74. The molecule has 0 fully saturated rings. The van der Waals surface area contributed by atoms with E-state index in [1.165, 1.54) is 11.8 Å². The van der Waals surface area contributed by atoms with Gasteiger partial charge in [-0.3, -0.25) is 9.78 Å². The number of nitrogens with zero attached hydrogens (tertiary/aromatic N) is 3. The number of fused-ring (bicyclic) bond motifs is 1. The van der Waals surface area contributed by atoms with Crippen molar-refractivity contribution in [3.05, 3.63) is 59.2 Å². The van der Waals surface area contributed by atoms with Crippen molar-refractivity contribution in [2.24, 2.45) is 0 Å². The summed E-state index contributed by atoms with van der Waals surface area (Å²) in [5.74, 6) is 0.364. The minimum atomic E-state index is -0.0138. The van der Waals surface area contributed by atoms with Crippen molar-refractivity contribution in [1.29, 1.82) is 0 Å². The van der Waals surface area contributed by atoms with Gasteiger partial charge in [-0.25, -0.2) is 4.98 Å². The molecular weight excluding hydrogens is 364 g/mol. The highest BCUT2D eigenvalue weighted by molar-refractivity contribution is 9.10. The summed E-state index contributed by atoms with van der Waals surface area (Å²) in [6.07, 6.45) is 7.29. The van der Waals surface area contributed by atoms with E-state index in [4.69, 9.17) is 0 Å². The van der Waals surface area contributed by atoms with Crippen molar-refractivity contribution in [3.8, 4) is 0 Å². The van der Waals surface area contributed by atoms with Crippen LogP contribution in [0.3, 0.4) is 0 Å². The predicted octanol–water partition coefficient (Wildman–Crippen LogP) is 2.90. The van der Waals surface area contributed by atoms with Gasteiger partial charge in [0.1, 0.15) is 5.65 Å². The molecule has 22 heavy (non-hydrogen) atoms. The number of thioether (sulfide) groups is 1. The zero-order chi connectivity index (χ0) is 15.4. The summed E-state index contributed by atoms with van der Waals surface area (Å²) in [5, 5.41) is 2.88. The predicted molar refractivity (Wildman–Crippen MR) is 89.7 cm³/mol. The molecule has 3 aromatic rings. The molecule has 0 saturated heterocycles. The number of halogens is 1. The van der Waals surface area contributed by atoms with Gasteiger partial charge in [-0.15, -0.1) is 11.8 Å². The largest absolute Gasteiger partial charge is 0.350 e. The van der Waals surface area contributed by atoms with Crippen LogP contribution in [0.15, 0.2) is 58.4 Å². The molecule has 0 aliphatic heterocycles. The van der Waals surface area contributed by atoms with Crippen LogP contribution >= 0.6 is 27.7 Å². The van der Waals surface area contributed by atoms with E-state index in [0.717, 1.165) is 20.7 Å². The summed E-state index contributed by atoms with van der Waals surface area (Å²) in [6, 6.07) is 7.64. The summed E-state index contributed by atoms with van der Waals surface area (Å²) < 4.78 is 2.92. The van der Waals surface area contributed by atoms with Crippen LogP contribution in [0, 0.1) is 0 Å². The Labute approximate surface area is 140 Å². The van der Waals surface area contributed by atoms with Crippen LogP contribution in [0.5, 0.6) is 0 Å². The maximum atomic E-state index is 11.9. The molecule has 112 valence electrons. The van der Waals surface area contributed by atoms with E-state index in [1.54, 1.807) is 12.4 Å². The average molecular weight is 377 g/mol. The third kappa shape index (κ3) is 3.86. The number of pyridine rings is 2. The standard InChI is InChI=1S/C15H13BrN4OS/c16-11-1-2-14-19-12(9-20(14)8-11)7-18-15(21)10-22-13-3-5-17-6-4-13/h1-6,8-9H,7,10H2,(H,18,21). The second-order valence-corrected chi connectivity index (χ2v) is 6.56. The van der Waals surface area contributed by atoms with Gasteiger partial charge >= 0.3 is 0 Å². The first-order valence-corrected chi connectivity index (χ1v) is 8.41. The number of rotatable bonds is 5. The van der Waals surface area contributed by atoms with Gasteiger partial charge in [0.15, 0.2) is 0 Å². The summed E-state index contributed by atoms with van der Waals surface area (Å²) in [5.41, 5.74) is 1.69. The Morgan fingerprint density at radius 3 is 2.86 bits per heavy atom. The fraction of sp³-hybridized carbons (Fsp3) is 0.133. The maximum absolute atomic E-state index is 11.9. The van der Waals surface area contributed by atoms with Crippen LogP contribution in [0.25, 0.3) is 5.65 Å². The molecule has 0 spiro atoms. The Morgan fingerprint density at radius 2 is 2.05 bits per heavy atom. The zero-order valence-corrected chi connectivity index (χ0v) is 14.0. The lowest BCUT2D eigenvalue weighted by molar-refractivity contribution is -0.118. The molecule has 0 saturated carbocycles. The average Bonchev–Trinajstić information content (AvgIpc) is 2.94. The molecule has 5 nitrogen and oxygen atoms in total. The molecule has 7 heteroatoms. The molecule has 0 radical (unpaired) electrons. The van der Waals surface area contributed by atoms with Crippen molar-refractivity contribution < 1.29 is 4.79 Å². The number of hydrogen-bond donors (Lipinski definition) is 1. The normalized spacial score (nSPS) is 10.8. The van der Waals surface area contributed by atoms with Crippen LogP contribution < -0.4 is 5.32 Å². The van der Waals surface area contributed by atoms with Crippen molar-refractivity contribution >= 4 is 39.2 Å².